The summed E-state index contributed by atoms with van der Waals surface area (Å²) in [6.07, 6.45) is 5.06. The molecule has 0 aromatic carbocycles. The number of rotatable bonds is 6. The number of unbranched alkanes of at least 4 members (excludes halogenated alkanes) is 2. The molecule has 0 amide bonds. The molecule has 2 aromatic rings. The molecule has 0 atom stereocenters. The third kappa shape index (κ3) is 2.70. The summed E-state index contributed by atoms with van der Waals surface area (Å²) in [6.45, 7) is 2.96. The van der Waals surface area contributed by atoms with Crippen molar-refractivity contribution in [3.05, 3.63) is 30.1 Å². The second-order valence-electron chi connectivity index (χ2n) is 4.65. The average molecular weight is 261 g/mol. The number of aromatic carboxylic acids is 1. The van der Waals surface area contributed by atoms with Crippen LogP contribution in [0.3, 0.4) is 0 Å². The maximum atomic E-state index is 11.4. The second-order valence-corrected chi connectivity index (χ2v) is 4.65. The molecule has 0 radical (unpaired) electrons. The molecule has 5 nitrogen and oxygen atoms in total. The predicted octanol–water partition coefficient (Wildman–Crippen LogP) is 2.66. The summed E-state index contributed by atoms with van der Waals surface area (Å²) in [4.78, 5) is 17.8. The van der Waals surface area contributed by atoms with Crippen LogP contribution in [0, 0.1) is 0 Å². The van der Waals surface area contributed by atoms with Gasteiger partial charge in [-0.25, -0.2) is 9.78 Å². The largest absolute Gasteiger partial charge is 0.476 e. The Morgan fingerprint density at radius 3 is 2.89 bits per heavy atom. The van der Waals surface area contributed by atoms with Crippen LogP contribution in [0.15, 0.2) is 24.4 Å². The Morgan fingerprint density at radius 1 is 1.42 bits per heavy atom. The van der Waals surface area contributed by atoms with E-state index in [1.807, 2.05) is 30.1 Å². The standard InChI is InChI=1S/C14H19N3O2/c1-3-4-6-9-16(2)13-12(14(18)19)17-10-7-5-8-11(17)15-13/h5,7-8,10H,3-4,6,9H2,1-2H3,(H,18,19). The number of hydrogen-bond donors (Lipinski definition) is 1. The molecule has 19 heavy (non-hydrogen) atoms. The van der Waals surface area contributed by atoms with Gasteiger partial charge < -0.3 is 10.0 Å². The highest BCUT2D eigenvalue weighted by atomic mass is 16.4. The summed E-state index contributed by atoms with van der Waals surface area (Å²) in [6, 6.07) is 5.48. The first-order valence-corrected chi connectivity index (χ1v) is 6.56. The Labute approximate surface area is 112 Å². The number of carboxylic acids is 1. The first-order valence-electron chi connectivity index (χ1n) is 6.56. The first kappa shape index (κ1) is 13.4. The lowest BCUT2D eigenvalue weighted by Crippen LogP contribution is -2.21. The van der Waals surface area contributed by atoms with Crippen LogP contribution in [0.2, 0.25) is 0 Å². The van der Waals surface area contributed by atoms with E-state index < -0.39 is 5.97 Å². The maximum absolute atomic E-state index is 11.4. The Balaban J connectivity index is 2.36. The van der Waals surface area contributed by atoms with Crippen LogP contribution in [0.4, 0.5) is 5.82 Å². The Bertz CT molecular complexity index is 577. The summed E-state index contributed by atoms with van der Waals surface area (Å²) in [5.74, 6) is -0.411. The van der Waals surface area contributed by atoms with Gasteiger partial charge in [-0.3, -0.25) is 4.40 Å². The van der Waals surface area contributed by atoms with Crippen molar-refractivity contribution >= 4 is 17.4 Å². The highest BCUT2D eigenvalue weighted by Crippen LogP contribution is 2.21. The molecular formula is C14H19N3O2. The summed E-state index contributed by atoms with van der Waals surface area (Å²) in [7, 11) is 1.89. The van der Waals surface area contributed by atoms with E-state index in [-0.39, 0.29) is 5.69 Å². The third-order valence-electron chi connectivity index (χ3n) is 3.17. The van der Waals surface area contributed by atoms with Gasteiger partial charge in [-0.15, -0.1) is 0 Å². The van der Waals surface area contributed by atoms with Crippen molar-refractivity contribution in [3.8, 4) is 0 Å². The zero-order chi connectivity index (χ0) is 13.8. The van der Waals surface area contributed by atoms with Gasteiger partial charge in [-0.2, -0.15) is 0 Å². The van der Waals surface area contributed by atoms with Crippen LogP contribution in [0.25, 0.3) is 5.65 Å². The lowest BCUT2D eigenvalue weighted by atomic mass is 10.2. The minimum Gasteiger partial charge on any atom is -0.476 e. The van der Waals surface area contributed by atoms with Gasteiger partial charge in [0.2, 0.25) is 0 Å². The quantitative estimate of drug-likeness (QED) is 0.812. The number of fused-ring (bicyclic) bond motifs is 1. The van der Waals surface area contributed by atoms with Crippen LogP contribution < -0.4 is 4.90 Å². The van der Waals surface area contributed by atoms with E-state index in [0.29, 0.717) is 11.5 Å². The highest BCUT2D eigenvalue weighted by molar-refractivity contribution is 5.93. The predicted molar refractivity (Wildman–Crippen MR) is 74.9 cm³/mol. The molecule has 0 unspecified atom stereocenters. The van der Waals surface area contributed by atoms with Gasteiger partial charge in [0.15, 0.2) is 11.5 Å². The fourth-order valence-electron chi connectivity index (χ4n) is 2.15. The SMILES string of the molecule is CCCCCN(C)c1nc2ccccn2c1C(=O)O. The molecule has 0 bridgehead atoms. The molecule has 0 fully saturated rings. The van der Waals surface area contributed by atoms with Crippen molar-refractivity contribution < 1.29 is 9.90 Å². The number of pyridine rings is 1. The van der Waals surface area contributed by atoms with E-state index in [4.69, 9.17) is 0 Å². The third-order valence-corrected chi connectivity index (χ3v) is 3.17. The van der Waals surface area contributed by atoms with Gasteiger partial charge >= 0.3 is 5.97 Å². The number of aromatic nitrogens is 2. The number of hydrogen-bond acceptors (Lipinski definition) is 3. The first-order chi connectivity index (χ1) is 9.15. The fraction of sp³-hybridized carbons (Fsp3) is 0.429. The topological polar surface area (TPSA) is 57.8 Å². The fourth-order valence-corrected chi connectivity index (χ4v) is 2.15. The molecule has 1 N–H and O–H groups in total. The lowest BCUT2D eigenvalue weighted by Gasteiger charge is -2.16. The molecule has 2 heterocycles. The monoisotopic (exact) mass is 261 g/mol. The highest BCUT2D eigenvalue weighted by Gasteiger charge is 2.20. The van der Waals surface area contributed by atoms with Crippen molar-refractivity contribution in [2.75, 3.05) is 18.5 Å². The van der Waals surface area contributed by atoms with Crippen molar-refractivity contribution in [2.45, 2.75) is 26.2 Å². The number of nitrogens with zero attached hydrogens (tertiary/aromatic N) is 3. The summed E-state index contributed by atoms with van der Waals surface area (Å²) in [5, 5.41) is 9.39. The van der Waals surface area contributed by atoms with E-state index in [9.17, 15) is 9.90 Å². The zero-order valence-corrected chi connectivity index (χ0v) is 11.3. The number of imidazole rings is 1. The van der Waals surface area contributed by atoms with Crippen LogP contribution >= 0.6 is 0 Å². The molecule has 0 spiro atoms. The van der Waals surface area contributed by atoms with Crippen molar-refractivity contribution in [1.82, 2.24) is 9.38 Å². The zero-order valence-electron chi connectivity index (χ0n) is 11.3. The summed E-state index contributed by atoms with van der Waals surface area (Å²) < 4.78 is 1.62. The van der Waals surface area contributed by atoms with Gasteiger partial charge in [0.05, 0.1) is 0 Å². The Hall–Kier alpha value is -2.04. The van der Waals surface area contributed by atoms with Gasteiger partial charge in [0.25, 0.3) is 0 Å². The number of anilines is 1. The molecule has 0 aliphatic rings. The molecule has 2 aromatic heterocycles. The smallest absolute Gasteiger partial charge is 0.356 e. The minimum absolute atomic E-state index is 0.231. The Morgan fingerprint density at radius 2 is 2.21 bits per heavy atom. The molecular weight excluding hydrogens is 242 g/mol. The van der Waals surface area contributed by atoms with E-state index in [2.05, 4.69) is 11.9 Å². The maximum Gasteiger partial charge on any atom is 0.356 e. The molecule has 102 valence electrons. The summed E-state index contributed by atoms with van der Waals surface area (Å²) in [5.41, 5.74) is 0.895. The van der Waals surface area contributed by atoms with Gasteiger partial charge in [-0.05, 0) is 18.6 Å². The van der Waals surface area contributed by atoms with Crippen LogP contribution in [-0.2, 0) is 0 Å². The van der Waals surface area contributed by atoms with Gasteiger partial charge in [-0.1, -0.05) is 25.8 Å². The Kier molecular flexibility index (Phi) is 4.04. The molecule has 2 rings (SSSR count). The average Bonchev–Trinajstić information content (AvgIpc) is 2.78. The van der Waals surface area contributed by atoms with E-state index in [1.54, 1.807) is 10.6 Å². The molecule has 5 heteroatoms. The molecule has 0 saturated heterocycles. The van der Waals surface area contributed by atoms with Crippen molar-refractivity contribution in [1.29, 1.82) is 0 Å². The summed E-state index contributed by atoms with van der Waals surface area (Å²) >= 11 is 0. The molecule has 0 aliphatic heterocycles. The van der Waals surface area contributed by atoms with E-state index in [0.717, 1.165) is 25.8 Å². The normalized spacial score (nSPS) is 10.8. The number of carbonyl (C=O) groups is 1. The van der Waals surface area contributed by atoms with Crippen LogP contribution in [0.1, 0.15) is 36.7 Å². The van der Waals surface area contributed by atoms with Crippen molar-refractivity contribution in [3.63, 3.8) is 0 Å². The van der Waals surface area contributed by atoms with Crippen LogP contribution in [-0.4, -0.2) is 34.1 Å². The molecule has 0 saturated carbocycles. The van der Waals surface area contributed by atoms with Gasteiger partial charge in [0.1, 0.15) is 5.65 Å². The second kappa shape index (κ2) is 5.73. The number of carboxylic acid groups (broad SMARTS) is 1. The van der Waals surface area contributed by atoms with Crippen molar-refractivity contribution in [2.24, 2.45) is 0 Å². The van der Waals surface area contributed by atoms with Crippen LogP contribution in [0.5, 0.6) is 0 Å². The lowest BCUT2D eigenvalue weighted by molar-refractivity contribution is 0.0690. The molecule has 0 aliphatic carbocycles. The van der Waals surface area contributed by atoms with E-state index in [1.165, 1.54) is 0 Å². The van der Waals surface area contributed by atoms with E-state index >= 15 is 0 Å². The minimum atomic E-state index is -0.948. The van der Waals surface area contributed by atoms with Gasteiger partial charge in [0, 0.05) is 19.8 Å².